The molecule has 0 aromatic heterocycles. The number of aliphatic hydroxyl groups is 1. The monoisotopic (exact) mass is 305 g/mol. The number of methoxy groups -OCH3 is 1. The zero-order chi connectivity index (χ0) is 14.0. The van der Waals surface area contributed by atoms with E-state index in [1.165, 1.54) is 29.6 Å². The van der Waals surface area contributed by atoms with Gasteiger partial charge in [0.1, 0.15) is 10.6 Å². The predicted molar refractivity (Wildman–Crippen MR) is 72.0 cm³/mol. The number of hydrogen-bond donors (Lipinski definition) is 1. The largest absolute Gasteiger partial charge is 0.495 e. The number of hydrogen-bond acceptors (Lipinski definition) is 4. The van der Waals surface area contributed by atoms with Gasteiger partial charge in [0.25, 0.3) is 0 Å². The standard InChI is InChI=1S/C12H16ClNO4S/c1-18-11-7-9(13)4-5-12(11)19(16,17)14-6-2-3-10(14)8-15/h4-5,7,10,15H,2-3,6,8H2,1H3/t10-/m0/s1. The van der Waals surface area contributed by atoms with Crippen LogP contribution in [0.2, 0.25) is 5.02 Å². The Bertz CT molecular complexity index is 561. The fourth-order valence-corrected chi connectivity index (χ4v) is 4.27. The molecule has 1 aromatic carbocycles. The van der Waals surface area contributed by atoms with Gasteiger partial charge < -0.3 is 9.84 Å². The van der Waals surface area contributed by atoms with Crippen LogP contribution in [0.25, 0.3) is 0 Å². The molecule has 0 unspecified atom stereocenters. The summed E-state index contributed by atoms with van der Waals surface area (Å²) >= 11 is 5.83. The van der Waals surface area contributed by atoms with E-state index >= 15 is 0 Å². The summed E-state index contributed by atoms with van der Waals surface area (Å²) in [7, 11) is -2.27. The number of halogens is 1. The van der Waals surface area contributed by atoms with Crippen LogP contribution in [-0.2, 0) is 10.0 Å². The van der Waals surface area contributed by atoms with Crippen molar-refractivity contribution >= 4 is 21.6 Å². The zero-order valence-electron chi connectivity index (χ0n) is 10.5. The fraction of sp³-hybridized carbons (Fsp3) is 0.500. The topological polar surface area (TPSA) is 66.8 Å². The Morgan fingerprint density at radius 1 is 1.53 bits per heavy atom. The van der Waals surface area contributed by atoms with Crippen LogP contribution in [0.3, 0.4) is 0 Å². The van der Waals surface area contributed by atoms with Gasteiger partial charge in [-0.2, -0.15) is 4.31 Å². The average molecular weight is 306 g/mol. The van der Waals surface area contributed by atoms with E-state index in [-0.39, 0.29) is 23.3 Å². The first kappa shape index (κ1) is 14.6. The summed E-state index contributed by atoms with van der Waals surface area (Å²) < 4.78 is 31.6. The third-order valence-corrected chi connectivity index (χ3v) is 5.47. The van der Waals surface area contributed by atoms with Crippen LogP contribution in [0.5, 0.6) is 5.75 Å². The maximum absolute atomic E-state index is 12.6. The smallest absolute Gasteiger partial charge is 0.247 e. The van der Waals surface area contributed by atoms with E-state index < -0.39 is 10.0 Å². The van der Waals surface area contributed by atoms with Crippen molar-refractivity contribution in [1.82, 2.24) is 4.31 Å². The molecular formula is C12H16ClNO4S. The van der Waals surface area contributed by atoms with Crippen LogP contribution in [0.1, 0.15) is 12.8 Å². The molecule has 7 heteroatoms. The summed E-state index contributed by atoms with van der Waals surface area (Å²) in [4.78, 5) is 0.0831. The second kappa shape index (κ2) is 5.66. The van der Waals surface area contributed by atoms with Crippen LogP contribution in [0, 0.1) is 0 Å². The van der Waals surface area contributed by atoms with Gasteiger partial charge in [0.05, 0.1) is 13.7 Å². The minimum absolute atomic E-state index is 0.0831. The molecule has 1 fully saturated rings. The lowest BCUT2D eigenvalue weighted by molar-refractivity contribution is 0.213. The summed E-state index contributed by atoms with van der Waals surface area (Å²) in [5.41, 5.74) is 0. The quantitative estimate of drug-likeness (QED) is 0.915. The Morgan fingerprint density at radius 2 is 2.26 bits per heavy atom. The van der Waals surface area contributed by atoms with Crippen molar-refractivity contribution in [2.75, 3.05) is 20.3 Å². The van der Waals surface area contributed by atoms with Crippen molar-refractivity contribution in [2.24, 2.45) is 0 Å². The normalized spacial score (nSPS) is 20.7. The lowest BCUT2D eigenvalue weighted by atomic mass is 10.2. The molecule has 1 saturated heterocycles. The Kier molecular flexibility index (Phi) is 4.35. The molecule has 1 aromatic rings. The molecule has 2 rings (SSSR count). The molecule has 0 radical (unpaired) electrons. The fourth-order valence-electron chi connectivity index (χ4n) is 2.29. The minimum Gasteiger partial charge on any atom is -0.495 e. The first-order valence-corrected chi connectivity index (χ1v) is 7.78. The molecule has 0 saturated carbocycles. The van der Waals surface area contributed by atoms with Crippen LogP contribution in [0.4, 0.5) is 0 Å². The highest BCUT2D eigenvalue weighted by Gasteiger charge is 2.36. The van der Waals surface area contributed by atoms with E-state index in [1.54, 1.807) is 0 Å². The third kappa shape index (κ3) is 2.72. The Labute approximate surface area is 117 Å². The third-order valence-electron chi connectivity index (χ3n) is 3.25. The van der Waals surface area contributed by atoms with E-state index in [9.17, 15) is 13.5 Å². The van der Waals surface area contributed by atoms with Gasteiger partial charge in [-0.05, 0) is 25.0 Å². The number of aliphatic hydroxyl groups excluding tert-OH is 1. The van der Waals surface area contributed by atoms with Crippen LogP contribution in [0.15, 0.2) is 23.1 Å². The van der Waals surface area contributed by atoms with E-state index in [0.29, 0.717) is 18.0 Å². The van der Waals surface area contributed by atoms with Gasteiger partial charge in [0.15, 0.2) is 0 Å². The maximum atomic E-state index is 12.6. The first-order chi connectivity index (χ1) is 9.00. The summed E-state index contributed by atoms with van der Waals surface area (Å²) in [6, 6.07) is 4.06. The van der Waals surface area contributed by atoms with Crippen molar-refractivity contribution < 1.29 is 18.3 Å². The first-order valence-electron chi connectivity index (χ1n) is 5.97. The van der Waals surface area contributed by atoms with Gasteiger partial charge in [-0.3, -0.25) is 0 Å². The number of ether oxygens (including phenoxy) is 1. The molecule has 0 bridgehead atoms. The lowest BCUT2D eigenvalue weighted by Gasteiger charge is -2.23. The van der Waals surface area contributed by atoms with Crippen LogP contribution in [-0.4, -0.2) is 44.1 Å². The molecule has 1 N–H and O–H groups in total. The molecular weight excluding hydrogens is 290 g/mol. The highest BCUT2D eigenvalue weighted by molar-refractivity contribution is 7.89. The van der Waals surface area contributed by atoms with Gasteiger partial charge in [-0.25, -0.2) is 8.42 Å². The SMILES string of the molecule is COc1cc(Cl)ccc1S(=O)(=O)N1CCC[C@H]1CO. The predicted octanol–water partition coefficient (Wildman–Crippen LogP) is 1.49. The molecule has 0 amide bonds. The summed E-state index contributed by atoms with van der Waals surface area (Å²) in [5.74, 6) is 0.219. The van der Waals surface area contributed by atoms with E-state index in [1.807, 2.05) is 0 Å². The van der Waals surface area contributed by atoms with Crippen molar-refractivity contribution in [3.8, 4) is 5.75 Å². The van der Waals surface area contributed by atoms with E-state index in [2.05, 4.69) is 0 Å². The molecule has 106 valence electrons. The van der Waals surface area contributed by atoms with Crippen molar-refractivity contribution in [1.29, 1.82) is 0 Å². The van der Waals surface area contributed by atoms with E-state index in [0.717, 1.165) is 6.42 Å². The van der Waals surface area contributed by atoms with Gasteiger partial charge in [-0.1, -0.05) is 11.6 Å². The van der Waals surface area contributed by atoms with Gasteiger partial charge in [-0.15, -0.1) is 0 Å². The second-order valence-electron chi connectivity index (χ2n) is 4.39. The lowest BCUT2D eigenvalue weighted by Crippen LogP contribution is -2.37. The molecule has 1 aliphatic rings. The molecule has 0 aliphatic carbocycles. The number of sulfonamides is 1. The number of benzene rings is 1. The second-order valence-corrected chi connectivity index (χ2v) is 6.68. The Morgan fingerprint density at radius 3 is 2.89 bits per heavy atom. The van der Waals surface area contributed by atoms with Crippen molar-refractivity contribution in [3.63, 3.8) is 0 Å². The summed E-state index contributed by atoms with van der Waals surface area (Å²) in [6.45, 7) is 0.245. The van der Waals surface area contributed by atoms with Crippen LogP contribution >= 0.6 is 11.6 Å². The Hall–Kier alpha value is -0.820. The molecule has 1 atom stereocenters. The van der Waals surface area contributed by atoms with Crippen LogP contribution < -0.4 is 4.74 Å². The molecule has 1 heterocycles. The number of rotatable bonds is 4. The molecule has 5 nitrogen and oxygen atoms in total. The minimum atomic E-state index is -3.67. The molecule has 0 spiro atoms. The zero-order valence-corrected chi connectivity index (χ0v) is 12.1. The summed E-state index contributed by atoms with van der Waals surface area (Å²) in [5, 5.41) is 9.67. The summed E-state index contributed by atoms with van der Waals surface area (Å²) in [6.07, 6.45) is 1.42. The van der Waals surface area contributed by atoms with Crippen molar-refractivity contribution in [2.45, 2.75) is 23.8 Å². The molecule has 1 aliphatic heterocycles. The highest BCUT2D eigenvalue weighted by atomic mass is 35.5. The van der Waals surface area contributed by atoms with Gasteiger partial charge in [0, 0.05) is 23.7 Å². The van der Waals surface area contributed by atoms with Gasteiger partial charge >= 0.3 is 0 Å². The maximum Gasteiger partial charge on any atom is 0.247 e. The van der Waals surface area contributed by atoms with Gasteiger partial charge in [0.2, 0.25) is 10.0 Å². The number of nitrogens with zero attached hydrogens (tertiary/aromatic N) is 1. The average Bonchev–Trinajstić information content (AvgIpc) is 2.87. The Balaban J connectivity index is 2.45. The van der Waals surface area contributed by atoms with Crippen molar-refractivity contribution in [3.05, 3.63) is 23.2 Å². The highest BCUT2D eigenvalue weighted by Crippen LogP contribution is 2.32. The van der Waals surface area contributed by atoms with E-state index in [4.69, 9.17) is 16.3 Å². The molecule has 19 heavy (non-hydrogen) atoms.